The van der Waals surface area contributed by atoms with Crippen molar-refractivity contribution in [3.05, 3.63) is 47.5 Å². The quantitative estimate of drug-likeness (QED) is 0.763. The van der Waals surface area contributed by atoms with Gasteiger partial charge in [0.05, 0.1) is 14.2 Å². The molecule has 0 radical (unpaired) electrons. The van der Waals surface area contributed by atoms with Gasteiger partial charge in [0.2, 0.25) is 0 Å². The minimum atomic E-state index is -0.490. The summed E-state index contributed by atoms with van der Waals surface area (Å²) in [6.07, 6.45) is 1.56. The molecule has 0 N–H and O–H groups in total. The molecule has 1 aromatic heterocycles. The second-order valence-electron chi connectivity index (χ2n) is 5.25. The summed E-state index contributed by atoms with van der Waals surface area (Å²) in [6, 6.07) is 6.87. The van der Waals surface area contributed by atoms with Crippen LogP contribution < -0.4 is 9.47 Å². The standard InChI is InChI=1S/C17H20N2O4/c1-11(2)16-18-6-5-15(19-16)17(20)23-10-12-7-13(21-3)9-14(8-12)22-4/h5-9,11H,10H2,1-4H3. The number of rotatable bonds is 6. The highest BCUT2D eigenvalue weighted by Crippen LogP contribution is 2.23. The van der Waals surface area contributed by atoms with Crippen LogP contribution in [-0.2, 0) is 11.3 Å². The van der Waals surface area contributed by atoms with E-state index in [4.69, 9.17) is 14.2 Å². The Morgan fingerprint density at radius 3 is 2.35 bits per heavy atom. The molecule has 0 saturated heterocycles. The van der Waals surface area contributed by atoms with Gasteiger partial charge in [0.1, 0.15) is 23.9 Å². The van der Waals surface area contributed by atoms with Gasteiger partial charge in [-0.1, -0.05) is 13.8 Å². The van der Waals surface area contributed by atoms with E-state index in [1.807, 2.05) is 13.8 Å². The number of ether oxygens (including phenoxy) is 3. The molecule has 2 aromatic rings. The number of benzene rings is 1. The SMILES string of the molecule is COc1cc(COC(=O)c2ccnc(C(C)C)n2)cc(OC)c1. The van der Waals surface area contributed by atoms with Crippen molar-refractivity contribution in [2.24, 2.45) is 0 Å². The van der Waals surface area contributed by atoms with Gasteiger partial charge in [0.15, 0.2) is 5.69 Å². The third kappa shape index (κ3) is 4.42. The Morgan fingerprint density at radius 2 is 1.78 bits per heavy atom. The van der Waals surface area contributed by atoms with Crippen LogP contribution in [0.25, 0.3) is 0 Å². The zero-order valence-electron chi connectivity index (χ0n) is 13.7. The van der Waals surface area contributed by atoms with Crippen molar-refractivity contribution in [2.45, 2.75) is 26.4 Å². The summed E-state index contributed by atoms with van der Waals surface area (Å²) in [5.74, 6) is 1.54. The summed E-state index contributed by atoms with van der Waals surface area (Å²) in [7, 11) is 3.14. The van der Waals surface area contributed by atoms with Crippen LogP contribution in [0.15, 0.2) is 30.5 Å². The monoisotopic (exact) mass is 316 g/mol. The Morgan fingerprint density at radius 1 is 1.13 bits per heavy atom. The largest absolute Gasteiger partial charge is 0.497 e. The lowest BCUT2D eigenvalue weighted by Gasteiger charge is -2.10. The van der Waals surface area contributed by atoms with Crippen molar-refractivity contribution < 1.29 is 19.0 Å². The van der Waals surface area contributed by atoms with Crippen LogP contribution in [0.2, 0.25) is 0 Å². The van der Waals surface area contributed by atoms with E-state index >= 15 is 0 Å². The topological polar surface area (TPSA) is 70.5 Å². The highest BCUT2D eigenvalue weighted by molar-refractivity contribution is 5.87. The Kier molecular flexibility index (Phi) is 5.51. The van der Waals surface area contributed by atoms with Gasteiger partial charge in [-0.05, 0) is 23.8 Å². The normalized spacial score (nSPS) is 10.5. The average molecular weight is 316 g/mol. The van der Waals surface area contributed by atoms with Crippen LogP contribution in [0.3, 0.4) is 0 Å². The van der Waals surface area contributed by atoms with Gasteiger partial charge in [0.25, 0.3) is 0 Å². The fourth-order valence-electron chi connectivity index (χ4n) is 1.94. The van der Waals surface area contributed by atoms with Gasteiger partial charge in [-0.15, -0.1) is 0 Å². The Bertz CT molecular complexity index is 664. The van der Waals surface area contributed by atoms with E-state index < -0.39 is 5.97 Å². The van der Waals surface area contributed by atoms with Crippen molar-refractivity contribution in [1.82, 2.24) is 9.97 Å². The van der Waals surface area contributed by atoms with Crippen molar-refractivity contribution in [1.29, 1.82) is 0 Å². The minimum absolute atomic E-state index is 0.105. The molecule has 6 nitrogen and oxygen atoms in total. The molecule has 0 aliphatic rings. The minimum Gasteiger partial charge on any atom is -0.497 e. The number of methoxy groups -OCH3 is 2. The van der Waals surface area contributed by atoms with E-state index in [0.29, 0.717) is 17.3 Å². The maximum Gasteiger partial charge on any atom is 0.357 e. The molecule has 0 amide bonds. The van der Waals surface area contributed by atoms with E-state index in [0.717, 1.165) is 5.56 Å². The molecular formula is C17H20N2O4. The highest BCUT2D eigenvalue weighted by Gasteiger charge is 2.13. The average Bonchev–Trinajstić information content (AvgIpc) is 2.59. The maximum absolute atomic E-state index is 12.1. The lowest BCUT2D eigenvalue weighted by molar-refractivity contribution is 0.0464. The molecule has 0 fully saturated rings. The van der Waals surface area contributed by atoms with Gasteiger partial charge in [-0.3, -0.25) is 0 Å². The number of hydrogen-bond acceptors (Lipinski definition) is 6. The van der Waals surface area contributed by atoms with Gasteiger partial charge in [-0.25, -0.2) is 14.8 Å². The zero-order chi connectivity index (χ0) is 16.8. The van der Waals surface area contributed by atoms with Gasteiger partial charge in [-0.2, -0.15) is 0 Å². The summed E-state index contributed by atoms with van der Waals surface area (Å²) in [6.45, 7) is 4.04. The van der Waals surface area contributed by atoms with Gasteiger partial charge in [0, 0.05) is 18.2 Å². The lowest BCUT2D eigenvalue weighted by atomic mass is 10.2. The highest BCUT2D eigenvalue weighted by atomic mass is 16.5. The van der Waals surface area contributed by atoms with Crippen LogP contribution in [0.4, 0.5) is 0 Å². The fraction of sp³-hybridized carbons (Fsp3) is 0.353. The Labute approximate surface area is 135 Å². The number of hydrogen-bond donors (Lipinski definition) is 0. The molecule has 6 heteroatoms. The summed E-state index contributed by atoms with van der Waals surface area (Å²) >= 11 is 0. The summed E-state index contributed by atoms with van der Waals surface area (Å²) < 4.78 is 15.7. The molecule has 0 unspecified atom stereocenters. The second kappa shape index (κ2) is 7.58. The molecule has 0 aliphatic heterocycles. The predicted molar refractivity (Wildman–Crippen MR) is 84.8 cm³/mol. The number of carbonyl (C=O) groups excluding carboxylic acids is 1. The first-order valence-corrected chi connectivity index (χ1v) is 7.25. The first-order valence-electron chi connectivity index (χ1n) is 7.25. The van der Waals surface area contributed by atoms with Crippen molar-refractivity contribution in [2.75, 3.05) is 14.2 Å². The van der Waals surface area contributed by atoms with Gasteiger partial charge < -0.3 is 14.2 Å². The number of aromatic nitrogens is 2. The molecule has 1 aromatic carbocycles. The number of esters is 1. The van der Waals surface area contributed by atoms with Crippen LogP contribution in [0.5, 0.6) is 11.5 Å². The predicted octanol–water partition coefficient (Wildman–Crippen LogP) is 2.97. The van der Waals surface area contributed by atoms with E-state index in [1.165, 1.54) is 0 Å². The molecule has 0 atom stereocenters. The molecule has 1 heterocycles. The maximum atomic E-state index is 12.1. The summed E-state index contributed by atoms with van der Waals surface area (Å²) in [4.78, 5) is 20.5. The molecule has 23 heavy (non-hydrogen) atoms. The fourth-order valence-corrected chi connectivity index (χ4v) is 1.94. The third-order valence-corrected chi connectivity index (χ3v) is 3.18. The summed E-state index contributed by atoms with van der Waals surface area (Å²) in [5, 5.41) is 0. The summed E-state index contributed by atoms with van der Waals surface area (Å²) in [5.41, 5.74) is 1.02. The smallest absolute Gasteiger partial charge is 0.357 e. The Balaban J connectivity index is 2.08. The number of carbonyl (C=O) groups is 1. The molecule has 0 spiro atoms. The van der Waals surface area contributed by atoms with Crippen molar-refractivity contribution in [3.8, 4) is 11.5 Å². The van der Waals surface area contributed by atoms with E-state index in [1.54, 1.807) is 44.7 Å². The molecule has 0 bridgehead atoms. The third-order valence-electron chi connectivity index (χ3n) is 3.18. The van der Waals surface area contributed by atoms with Crippen LogP contribution >= 0.6 is 0 Å². The van der Waals surface area contributed by atoms with E-state index in [9.17, 15) is 4.79 Å². The number of nitrogens with zero attached hydrogens (tertiary/aromatic N) is 2. The first kappa shape index (κ1) is 16.7. The molecule has 0 saturated carbocycles. The van der Waals surface area contributed by atoms with Gasteiger partial charge >= 0.3 is 5.97 Å². The molecule has 0 aliphatic carbocycles. The van der Waals surface area contributed by atoms with E-state index in [-0.39, 0.29) is 18.2 Å². The molecular weight excluding hydrogens is 296 g/mol. The van der Waals surface area contributed by atoms with Crippen molar-refractivity contribution in [3.63, 3.8) is 0 Å². The molecule has 2 rings (SSSR count). The Hall–Kier alpha value is -2.63. The van der Waals surface area contributed by atoms with Crippen LogP contribution in [0, 0.1) is 0 Å². The zero-order valence-corrected chi connectivity index (χ0v) is 13.7. The first-order chi connectivity index (χ1) is 11.0. The second-order valence-corrected chi connectivity index (χ2v) is 5.25. The molecule has 122 valence electrons. The van der Waals surface area contributed by atoms with Crippen molar-refractivity contribution >= 4 is 5.97 Å². The van der Waals surface area contributed by atoms with E-state index in [2.05, 4.69) is 9.97 Å². The van der Waals surface area contributed by atoms with Crippen LogP contribution in [0.1, 0.15) is 41.6 Å². The van der Waals surface area contributed by atoms with Crippen LogP contribution in [-0.4, -0.2) is 30.2 Å². The lowest BCUT2D eigenvalue weighted by Crippen LogP contribution is -2.10.